The van der Waals surface area contributed by atoms with E-state index in [1.807, 2.05) is 31.2 Å². The van der Waals surface area contributed by atoms with Gasteiger partial charge >= 0.3 is 0 Å². The molecule has 0 radical (unpaired) electrons. The summed E-state index contributed by atoms with van der Waals surface area (Å²) in [6.07, 6.45) is 3.03. The van der Waals surface area contributed by atoms with Gasteiger partial charge in [0.05, 0.1) is 35.4 Å². The lowest BCUT2D eigenvalue weighted by Gasteiger charge is -2.12. The summed E-state index contributed by atoms with van der Waals surface area (Å²) < 4.78 is 19.3. The number of halogens is 1. The highest BCUT2D eigenvalue weighted by molar-refractivity contribution is 6.04. The Bertz CT molecular complexity index is 915. The molecule has 0 saturated heterocycles. The van der Waals surface area contributed by atoms with Gasteiger partial charge in [0.15, 0.2) is 0 Å². The zero-order valence-corrected chi connectivity index (χ0v) is 14.2. The third kappa shape index (κ3) is 4.16. The first-order valence-electron chi connectivity index (χ1n) is 8.17. The summed E-state index contributed by atoms with van der Waals surface area (Å²) in [7, 11) is 0. The van der Waals surface area contributed by atoms with Crippen LogP contribution in [-0.2, 0) is 0 Å². The van der Waals surface area contributed by atoms with Crippen LogP contribution in [0.4, 0.5) is 21.5 Å². The summed E-state index contributed by atoms with van der Waals surface area (Å²) in [6, 6.07) is 15.1. The Morgan fingerprint density at radius 3 is 2.58 bits per heavy atom. The molecule has 26 heavy (non-hydrogen) atoms. The van der Waals surface area contributed by atoms with Gasteiger partial charge in [-0.05, 0) is 37.3 Å². The van der Waals surface area contributed by atoms with Crippen molar-refractivity contribution >= 4 is 23.0 Å². The number of nitrogens with one attached hydrogen (secondary N) is 2. The summed E-state index contributed by atoms with van der Waals surface area (Å²) >= 11 is 0. The molecular weight excluding hydrogens is 333 g/mol. The third-order valence-corrected chi connectivity index (χ3v) is 3.59. The highest BCUT2D eigenvalue weighted by atomic mass is 19.1. The Balaban J connectivity index is 1.78. The van der Waals surface area contributed by atoms with Gasteiger partial charge in [-0.1, -0.05) is 24.3 Å². The van der Waals surface area contributed by atoms with Crippen molar-refractivity contribution in [2.45, 2.75) is 6.92 Å². The van der Waals surface area contributed by atoms with Crippen molar-refractivity contribution in [3.63, 3.8) is 0 Å². The molecule has 0 aliphatic heterocycles. The van der Waals surface area contributed by atoms with E-state index in [0.29, 0.717) is 23.6 Å². The Labute approximate surface area is 150 Å². The minimum absolute atomic E-state index is 0.123. The molecule has 1 heterocycles. The van der Waals surface area contributed by atoms with Crippen LogP contribution >= 0.6 is 0 Å². The van der Waals surface area contributed by atoms with Crippen molar-refractivity contribution in [2.75, 3.05) is 17.2 Å². The predicted octanol–water partition coefficient (Wildman–Crippen LogP) is 4.62. The molecule has 1 aromatic heterocycles. The van der Waals surface area contributed by atoms with Crippen LogP contribution in [0.1, 0.15) is 17.3 Å². The SMILES string of the molecule is CCOc1ccccc1Nc1cncc(C(=O)Nc2ccccc2F)c1. The Kier molecular flexibility index (Phi) is 5.43. The monoisotopic (exact) mass is 351 g/mol. The quantitative estimate of drug-likeness (QED) is 0.680. The van der Waals surface area contributed by atoms with Crippen LogP contribution in [0.2, 0.25) is 0 Å². The van der Waals surface area contributed by atoms with E-state index in [-0.39, 0.29) is 5.69 Å². The number of hydrogen-bond donors (Lipinski definition) is 2. The number of para-hydroxylation sites is 3. The van der Waals surface area contributed by atoms with E-state index in [1.54, 1.807) is 24.4 Å². The van der Waals surface area contributed by atoms with Gasteiger partial charge in [-0.2, -0.15) is 0 Å². The van der Waals surface area contributed by atoms with Crippen molar-refractivity contribution < 1.29 is 13.9 Å². The molecule has 1 amide bonds. The second-order valence-corrected chi connectivity index (χ2v) is 5.45. The average molecular weight is 351 g/mol. The Hall–Kier alpha value is -3.41. The van der Waals surface area contributed by atoms with Crippen LogP contribution in [-0.4, -0.2) is 17.5 Å². The first kappa shape index (κ1) is 17.4. The van der Waals surface area contributed by atoms with Crippen molar-refractivity contribution in [3.05, 3.63) is 78.4 Å². The number of pyridine rings is 1. The van der Waals surface area contributed by atoms with Crippen LogP contribution < -0.4 is 15.4 Å². The van der Waals surface area contributed by atoms with Crippen LogP contribution in [0.3, 0.4) is 0 Å². The van der Waals surface area contributed by atoms with E-state index in [9.17, 15) is 9.18 Å². The fourth-order valence-corrected chi connectivity index (χ4v) is 2.40. The number of benzene rings is 2. The van der Waals surface area contributed by atoms with Crippen molar-refractivity contribution in [1.29, 1.82) is 0 Å². The van der Waals surface area contributed by atoms with Crippen LogP contribution in [0, 0.1) is 5.82 Å². The lowest BCUT2D eigenvalue weighted by Crippen LogP contribution is -2.13. The summed E-state index contributed by atoms with van der Waals surface area (Å²) in [5, 5.41) is 5.73. The number of carbonyl (C=O) groups excluding carboxylic acids is 1. The number of anilines is 3. The largest absolute Gasteiger partial charge is 0.492 e. The van der Waals surface area contributed by atoms with E-state index in [1.165, 1.54) is 18.3 Å². The minimum Gasteiger partial charge on any atom is -0.492 e. The number of ether oxygens (including phenoxy) is 1. The maximum Gasteiger partial charge on any atom is 0.257 e. The van der Waals surface area contributed by atoms with E-state index in [4.69, 9.17) is 4.74 Å². The molecule has 0 aliphatic carbocycles. The average Bonchev–Trinajstić information content (AvgIpc) is 2.66. The molecule has 2 N–H and O–H groups in total. The molecule has 0 saturated carbocycles. The molecule has 0 atom stereocenters. The van der Waals surface area contributed by atoms with E-state index >= 15 is 0 Å². The van der Waals surface area contributed by atoms with Crippen molar-refractivity contribution in [2.24, 2.45) is 0 Å². The first-order chi connectivity index (χ1) is 12.7. The topological polar surface area (TPSA) is 63.2 Å². The first-order valence-corrected chi connectivity index (χ1v) is 8.17. The fourth-order valence-electron chi connectivity index (χ4n) is 2.40. The van der Waals surface area contributed by atoms with Crippen LogP contribution in [0.15, 0.2) is 67.0 Å². The van der Waals surface area contributed by atoms with Gasteiger partial charge < -0.3 is 15.4 Å². The molecule has 6 heteroatoms. The van der Waals surface area contributed by atoms with Gasteiger partial charge in [0, 0.05) is 6.20 Å². The summed E-state index contributed by atoms with van der Waals surface area (Å²) in [6.45, 7) is 2.45. The number of nitrogens with zero attached hydrogens (tertiary/aromatic N) is 1. The third-order valence-electron chi connectivity index (χ3n) is 3.59. The molecule has 0 unspecified atom stereocenters. The highest BCUT2D eigenvalue weighted by Crippen LogP contribution is 2.27. The zero-order valence-electron chi connectivity index (χ0n) is 14.2. The lowest BCUT2D eigenvalue weighted by atomic mass is 10.2. The predicted molar refractivity (Wildman–Crippen MR) is 99.5 cm³/mol. The minimum atomic E-state index is -0.492. The van der Waals surface area contributed by atoms with Gasteiger partial charge in [-0.15, -0.1) is 0 Å². The molecule has 3 rings (SSSR count). The summed E-state index contributed by atoms with van der Waals surface area (Å²) in [5.41, 5.74) is 1.82. The number of amides is 1. The maximum atomic E-state index is 13.7. The Morgan fingerprint density at radius 1 is 1.08 bits per heavy atom. The molecule has 2 aromatic carbocycles. The van der Waals surface area contributed by atoms with Crippen molar-refractivity contribution in [1.82, 2.24) is 4.98 Å². The standard InChI is InChI=1S/C20H18FN3O2/c1-2-26-19-10-6-5-9-18(19)23-15-11-14(12-22-13-15)20(25)24-17-8-4-3-7-16(17)21/h3-13,23H,2H2,1H3,(H,24,25). The van der Waals surface area contributed by atoms with E-state index in [2.05, 4.69) is 15.6 Å². The molecule has 5 nitrogen and oxygen atoms in total. The summed E-state index contributed by atoms with van der Waals surface area (Å²) in [5.74, 6) is -0.228. The maximum absolute atomic E-state index is 13.7. The summed E-state index contributed by atoms with van der Waals surface area (Å²) in [4.78, 5) is 16.5. The van der Waals surface area contributed by atoms with Gasteiger partial charge in [0.1, 0.15) is 11.6 Å². The second-order valence-electron chi connectivity index (χ2n) is 5.45. The number of carbonyl (C=O) groups is 1. The van der Waals surface area contributed by atoms with E-state index < -0.39 is 11.7 Å². The second kappa shape index (κ2) is 8.11. The van der Waals surface area contributed by atoms with Crippen LogP contribution in [0.5, 0.6) is 5.75 Å². The van der Waals surface area contributed by atoms with E-state index in [0.717, 1.165) is 5.69 Å². The number of rotatable bonds is 6. The van der Waals surface area contributed by atoms with Crippen molar-refractivity contribution in [3.8, 4) is 5.75 Å². The van der Waals surface area contributed by atoms with Gasteiger partial charge in [-0.3, -0.25) is 9.78 Å². The molecule has 132 valence electrons. The number of hydrogen-bond acceptors (Lipinski definition) is 4. The molecular formula is C20H18FN3O2. The van der Waals surface area contributed by atoms with Gasteiger partial charge in [0.2, 0.25) is 0 Å². The zero-order chi connectivity index (χ0) is 18.4. The molecule has 0 fully saturated rings. The molecule has 0 aliphatic rings. The van der Waals surface area contributed by atoms with Crippen LogP contribution in [0.25, 0.3) is 0 Å². The Morgan fingerprint density at radius 2 is 1.81 bits per heavy atom. The molecule has 3 aromatic rings. The highest BCUT2D eigenvalue weighted by Gasteiger charge is 2.11. The molecule has 0 spiro atoms. The fraction of sp³-hybridized carbons (Fsp3) is 0.100. The normalized spacial score (nSPS) is 10.2. The van der Waals surface area contributed by atoms with Gasteiger partial charge in [-0.25, -0.2) is 4.39 Å². The van der Waals surface area contributed by atoms with Gasteiger partial charge in [0.25, 0.3) is 5.91 Å². The smallest absolute Gasteiger partial charge is 0.257 e. The lowest BCUT2D eigenvalue weighted by molar-refractivity contribution is 0.102. The molecule has 0 bridgehead atoms. The number of aromatic nitrogens is 1.